The third-order valence-corrected chi connectivity index (χ3v) is 3.35. The van der Waals surface area contributed by atoms with Crippen LogP contribution in [0.3, 0.4) is 0 Å². The number of hydrogen-bond acceptors (Lipinski definition) is 2. The predicted octanol–water partition coefficient (Wildman–Crippen LogP) is 5.27. The molecule has 2 aromatic rings. The largest absolute Gasteiger partial charge is 0.454 e. The van der Waals surface area contributed by atoms with Crippen LogP contribution >= 0.6 is 15.9 Å². The standard InChI is InChI=1S/C14H6BrF4NO/c15-12-8(7-20)1-6-11(13(12)16)21-10-4-2-9(3-5-10)14(17,18)19/h1-6H. The third kappa shape index (κ3) is 3.34. The molecule has 7 heteroatoms. The molecule has 0 amide bonds. The van der Waals surface area contributed by atoms with Crippen molar-refractivity contribution in [2.75, 3.05) is 0 Å². The van der Waals surface area contributed by atoms with Gasteiger partial charge in [0.2, 0.25) is 0 Å². The predicted molar refractivity (Wildman–Crippen MR) is 70.3 cm³/mol. The van der Waals surface area contributed by atoms with E-state index in [4.69, 9.17) is 10.00 Å². The van der Waals surface area contributed by atoms with Crippen LogP contribution in [0.15, 0.2) is 40.9 Å². The lowest BCUT2D eigenvalue weighted by Gasteiger charge is -2.10. The lowest BCUT2D eigenvalue weighted by atomic mass is 10.2. The molecule has 0 aromatic heterocycles. The number of nitrogens with zero attached hydrogens (tertiary/aromatic N) is 1. The molecule has 0 radical (unpaired) electrons. The lowest BCUT2D eigenvalue weighted by molar-refractivity contribution is -0.137. The van der Waals surface area contributed by atoms with Gasteiger partial charge in [-0.1, -0.05) is 0 Å². The Labute approximate surface area is 125 Å². The van der Waals surface area contributed by atoms with E-state index >= 15 is 0 Å². The highest BCUT2D eigenvalue weighted by Crippen LogP contribution is 2.34. The number of rotatable bonds is 2. The van der Waals surface area contributed by atoms with E-state index in [2.05, 4.69) is 15.9 Å². The van der Waals surface area contributed by atoms with Crippen LogP contribution in [0.4, 0.5) is 17.6 Å². The van der Waals surface area contributed by atoms with Gasteiger partial charge >= 0.3 is 6.18 Å². The smallest absolute Gasteiger partial charge is 0.416 e. The zero-order valence-electron chi connectivity index (χ0n) is 10.2. The summed E-state index contributed by atoms with van der Waals surface area (Å²) in [4.78, 5) is 0. The van der Waals surface area contributed by atoms with Gasteiger partial charge in [0, 0.05) is 0 Å². The molecule has 0 fully saturated rings. The van der Waals surface area contributed by atoms with E-state index in [1.807, 2.05) is 0 Å². The van der Waals surface area contributed by atoms with Gasteiger partial charge in [0.1, 0.15) is 11.8 Å². The van der Waals surface area contributed by atoms with Crippen LogP contribution < -0.4 is 4.74 Å². The zero-order chi connectivity index (χ0) is 15.6. The van der Waals surface area contributed by atoms with Crippen molar-refractivity contribution in [3.05, 3.63) is 57.8 Å². The van der Waals surface area contributed by atoms with Gasteiger partial charge in [-0.3, -0.25) is 0 Å². The molecule has 0 saturated heterocycles. The molecular formula is C14H6BrF4NO. The van der Waals surface area contributed by atoms with E-state index in [0.717, 1.165) is 24.3 Å². The second-order valence-electron chi connectivity index (χ2n) is 3.98. The average Bonchev–Trinajstić information content (AvgIpc) is 2.44. The molecule has 2 aromatic carbocycles. The van der Waals surface area contributed by atoms with Crippen LogP contribution in [-0.2, 0) is 6.18 Å². The number of nitriles is 1. The fourth-order valence-electron chi connectivity index (χ4n) is 1.54. The van der Waals surface area contributed by atoms with Crippen molar-refractivity contribution in [3.63, 3.8) is 0 Å². The minimum absolute atomic E-state index is 0.0542. The summed E-state index contributed by atoms with van der Waals surface area (Å²) in [6.07, 6.45) is -4.44. The third-order valence-electron chi connectivity index (χ3n) is 2.58. The topological polar surface area (TPSA) is 33.0 Å². The number of benzene rings is 2. The van der Waals surface area contributed by atoms with Gasteiger partial charge in [-0.25, -0.2) is 4.39 Å². The summed E-state index contributed by atoms with van der Waals surface area (Å²) in [5.74, 6) is -0.937. The summed E-state index contributed by atoms with van der Waals surface area (Å²) in [5.41, 5.74) is -0.733. The molecule has 0 saturated carbocycles. The van der Waals surface area contributed by atoms with Crippen LogP contribution in [0, 0.1) is 17.1 Å². The Kier molecular flexibility index (Phi) is 4.19. The molecule has 0 spiro atoms. The zero-order valence-corrected chi connectivity index (χ0v) is 11.8. The van der Waals surface area contributed by atoms with Crippen molar-refractivity contribution in [1.29, 1.82) is 5.26 Å². The number of ether oxygens (including phenoxy) is 1. The maximum absolute atomic E-state index is 13.9. The maximum atomic E-state index is 13.9. The summed E-state index contributed by atoms with van der Waals surface area (Å²) >= 11 is 2.92. The molecule has 0 unspecified atom stereocenters. The van der Waals surface area contributed by atoms with E-state index in [0.29, 0.717) is 0 Å². The molecule has 0 N–H and O–H groups in total. The summed E-state index contributed by atoms with van der Waals surface area (Å²) < 4.78 is 56.2. The van der Waals surface area contributed by atoms with E-state index < -0.39 is 17.6 Å². The van der Waals surface area contributed by atoms with Gasteiger partial charge < -0.3 is 4.74 Å². The quantitative estimate of drug-likeness (QED) is 0.684. The van der Waals surface area contributed by atoms with E-state index in [-0.39, 0.29) is 21.5 Å². The van der Waals surface area contributed by atoms with Crippen molar-refractivity contribution in [2.45, 2.75) is 6.18 Å². The number of alkyl halides is 3. The maximum Gasteiger partial charge on any atom is 0.416 e. The first-order chi connectivity index (χ1) is 9.82. The fourth-order valence-corrected chi connectivity index (χ4v) is 1.95. The van der Waals surface area contributed by atoms with E-state index in [1.165, 1.54) is 12.1 Å². The van der Waals surface area contributed by atoms with Crippen LogP contribution in [0.2, 0.25) is 0 Å². The van der Waals surface area contributed by atoms with Gasteiger partial charge in [-0.15, -0.1) is 0 Å². The molecule has 0 bridgehead atoms. The minimum atomic E-state index is -4.44. The first kappa shape index (κ1) is 15.3. The molecule has 0 aliphatic rings. The summed E-state index contributed by atoms with van der Waals surface area (Å²) in [5, 5.41) is 8.74. The Morgan fingerprint density at radius 3 is 2.19 bits per heavy atom. The Morgan fingerprint density at radius 1 is 1.05 bits per heavy atom. The second-order valence-corrected chi connectivity index (χ2v) is 4.77. The molecule has 2 nitrogen and oxygen atoms in total. The average molecular weight is 360 g/mol. The van der Waals surface area contributed by atoms with Crippen molar-refractivity contribution in [3.8, 4) is 17.6 Å². The minimum Gasteiger partial charge on any atom is -0.454 e. The Hall–Kier alpha value is -2.07. The SMILES string of the molecule is N#Cc1ccc(Oc2ccc(C(F)(F)F)cc2)c(F)c1Br. The monoisotopic (exact) mass is 359 g/mol. The van der Waals surface area contributed by atoms with Crippen molar-refractivity contribution in [2.24, 2.45) is 0 Å². The second kappa shape index (κ2) is 5.74. The molecule has 2 rings (SSSR count). The fraction of sp³-hybridized carbons (Fsp3) is 0.0714. The van der Waals surface area contributed by atoms with Gasteiger partial charge in [-0.2, -0.15) is 18.4 Å². The molecular weight excluding hydrogens is 354 g/mol. The number of hydrogen-bond donors (Lipinski definition) is 0. The van der Waals surface area contributed by atoms with Crippen molar-refractivity contribution >= 4 is 15.9 Å². The van der Waals surface area contributed by atoms with Gasteiger partial charge in [0.25, 0.3) is 0 Å². The highest BCUT2D eigenvalue weighted by Gasteiger charge is 2.30. The molecule has 0 heterocycles. The first-order valence-corrected chi connectivity index (χ1v) is 6.35. The van der Waals surface area contributed by atoms with Crippen LogP contribution in [0.1, 0.15) is 11.1 Å². The summed E-state index contributed by atoms with van der Waals surface area (Å²) in [7, 11) is 0. The Morgan fingerprint density at radius 2 is 1.67 bits per heavy atom. The summed E-state index contributed by atoms with van der Waals surface area (Å²) in [6, 6.07) is 8.22. The highest BCUT2D eigenvalue weighted by atomic mass is 79.9. The Bertz CT molecular complexity index is 705. The summed E-state index contributed by atoms with van der Waals surface area (Å²) in [6.45, 7) is 0. The Balaban J connectivity index is 2.27. The number of halogens is 5. The van der Waals surface area contributed by atoms with Gasteiger partial charge in [0.05, 0.1) is 15.6 Å². The molecule has 0 aliphatic carbocycles. The van der Waals surface area contributed by atoms with Crippen LogP contribution in [0.25, 0.3) is 0 Å². The van der Waals surface area contributed by atoms with Crippen molar-refractivity contribution < 1.29 is 22.3 Å². The lowest BCUT2D eigenvalue weighted by Crippen LogP contribution is -2.04. The van der Waals surface area contributed by atoms with Gasteiger partial charge in [-0.05, 0) is 52.3 Å². The normalized spacial score (nSPS) is 11.0. The molecule has 108 valence electrons. The van der Waals surface area contributed by atoms with Crippen LogP contribution in [0.5, 0.6) is 11.5 Å². The van der Waals surface area contributed by atoms with Gasteiger partial charge in [0.15, 0.2) is 11.6 Å². The molecule has 0 aliphatic heterocycles. The molecule has 21 heavy (non-hydrogen) atoms. The first-order valence-electron chi connectivity index (χ1n) is 5.56. The van der Waals surface area contributed by atoms with Crippen molar-refractivity contribution in [1.82, 2.24) is 0 Å². The van der Waals surface area contributed by atoms with E-state index in [1.54, 1.807) is 6.07 Å². The molecule has 0 atom stereocenters. The van der Waals surface area contributed by atoms with E-state index in [9.17, 15) is 17.6 Å². The van der Waals surface area contributed by atoms with Crippen LogP contribution in [-0.4, -0.2) is 0 Å². The highest BCUT2D eigenvalue weighted by molar-refractivity contribution is 9.10.